The zero-order chi connectivity index (χ0) is 13.5. The van der Waals surface area contributed by atoms with Crippen LogP contribution < -0.4 is 5.32 Å². The normalized spacial score (nSPS) is 10.4. The van der Waals surface area contributed by atoms with Crippen molar-refractivity contribution < 1.29 is 23.8 Å². The van der Waals surface area contributed by atoms with E-state index < -0.39 is 11.7 Å². The van der Waals surface area contributed by atoms with Crippen molar-refractivity contribution in [2.75, 3.05) is 27.4 Å². The number of phenolic OH excluding ortho intramolecular Hbond substituents is 1. The SMILES string of the molecule is CNC(=O)c1cc(F)cc(COCCOC)c1O. The Kier molecular flexibility index (Phi) is 5.54. The van der Waals surface area contributed by atoms with E-state index in [9.17, 15) is 14.3 Å². The molecule has 0 aliphatic rings. The van der Waals surface area contributed by atoms with Gasteiger partial charge in [-0.3, -0.25) is 4.79 Å². The van der Waals surface area contributed by atoms with Gasteiger partial charge < -0.3 is 19.9 Å². The minimum absolute atomic E-state index is 0.0109. The first-order valence-corrected chi connectivity index (χ1v) is 5.40. The highest BCUT2D eigenvalue weighted by Gasteiger charge is 2.15. The Labute approximate surface area is 105 Å². The van der Waals surface area contributed by atoms with Crippen LogP contribution in [0.1, 0.15) is 15.9 Å². The molecule has 0 fully saturated rings. The number of aromatic hydroxyl groups is 1. The van der Waals surface area contributed by atoms with Crippen LogP contribution in [0.4, 0.5) is 4.39 Å². The second kappa shape index (κ2) is 6.93. The number of carbonyl (C=O) groups is 1. The van der Waals surface area contributed by atoms with E-state index in [4.69, 9.17) is 9.47 Å². The molecule has 2 N–H and O–H groups in total. The highest BCUT2D eigenvalue weighted by molar-refractivity contribution is 5.97. The average Bonchev–Trinajstić information content (AvgIpc) is 2.37. The quantitative estimate of drug-likeness (QED) is 0.748. The third kappa shape index (κ3) is 3.68. The number of amides is 1. The minimum Gasteiger partial charge on any atom is -0.507 e. The fourth-order valence-corrected chi connectivity index (χ4v) is 1.40. The van der Waals surface area contributed by atoms with Crippen LogP contribution in [0.5, 0.6) is 5.75 Å². The predicted molar refractivity (Wildman–Crippen MR) is 63.0 cm³/mol. The number of methoxy groups -OCH3 is 1. The van der Waals surface area contributed by atoms with Gasteiger partial charge >= 0.3 is 0 Å². The highest BCUT2D eigenvalue weighted by atomic mass is 19.1. The number of nitrogens with one attached hydrogen (secondary N) is 1. The van der Waals surface area contributed by atoms with Crippen LogP contribution in [0, 0.1) is 5.82 Å². The van der Waals surface area contributed by atoms with Gasteiger partial charge in [0.1, 0.15) is 11.6 Å². The summed E-state index contributed by atoms with van der Waals surface area (Å²) in [6.45, 7) is 0.733. The summed E-state index contributed by atoms with van der Waals surface area (Å²) in [6, 6.07) is 2.11. The van der Waals surface area contributed by atoms with E-state index in [-0.39, 0.29) is 23.5 Å². The van der Waals surface area contributed by atoms with Crippen molar-refractivity contribution in [1.29, 1.82) is 0 Å². The van der Waals surface area contributed by atoms with E-state index in [1.807, 2.05) is 0 Å². The van der Waals surface area contributed by atoms with Crippen LogP contribution in [-0.4, -0.2) is 38.4 Å². The lowest BCUT2D eigenvalue weighted by Crippen LogP contribution is -2.18. The first-order valence-electron chi connectivity index (χ1n) is 5.40. The number of rotatable bonds is 6. The van der Waals surface area contributed by atoms with Gasteiger partial charge in [-0.05, 0) is 12.1 Å². The summed E-state index contributed by atoms with van der Waals surface area (Å²) < 4.78 is 23.3. The second-order valence-electron chi connectivity index (χ2n) is 3.59. The molecule has 0 atom stereocenters. The van der Waals surface area contributed by atoms with Gasteiger partial charge in [-0.15, -0.1) is 0 Å². The lowest BCUT2D eigenvalue weighted by Gasteiger charge is -2.10. The van der Waals surface area contributed by atoms with Gasteiger partial charge in [0.05, 0.1) is 25.4 Å². The van der Waals surface area contributed by atoms with Gasteiger partial charge in [0.2, 0.25) is 0 Å². The molecule has 0 heterocycles. The van der Waals surface area contributed by atoms with Crippen molar-refractivity contribution in [3.63, 3.8) is 0 Å². The molecule has 0 aromatic heterocycles. The molecule has 0 unspecified atom stereocenters. The Bertz CT molecular complexity index is 423. The molecule has 1 aromatic carbocycles. The predicted octanol–water partition coefficient (Wildman–Crippen LogP) is 1.05. The zero-order valence-electron chi connectivity index (χ0n) is 10.3. The fourth-order valence-electron chi connectivity index (χ4n) is 1.40. The Balaban J connectivity index is 2.84. The fraction of sp³-hybridized carbons (Fsp3) is 0.417. The molecular weight excluding hydrogens is 241 g/mol. The standard InChI is InChI=1S/C12H16FNO4/c1-14-12(16)10-6-9(13)5-8(11(10)15)7-18-4-3-17-2/h5-6,15H,3-4,7H2,1-2H3,(H,14,16). The Hall–Kier alpha value is -1.66. The summed E-state index contributed by atoms with van der Waals surface area (Å²) >= 11 is 0. The molecule has 0 radical (unpaired) electrons. The molecule has 0 aliphatic heterocycles. The highest BCUT2D eigenvalue weighted by Crippen LogP contribution is 2.24. The van der Waals surface area contributed by atoms with Crippen LogP contribution in [0.25, 0.3) is 0 Å². The van der Waals surface area contributed by atoms with Crippen LogP contribution in [-0.2, 0) is 16.1 Å². The van der Waals surface area contributed by atoms with Gasteiger partial charge in [0.25, 0.3) is 5.91 Å². The maximum Gasteiger partial charge on any atom is 0.254 e. The zero-order valence-corrected chi connectivity index (χ0v) is 10.3. The lowest BCUT2D eigenvalue weighted by atomic mass is 10.1. The molecule has 18 heavy (non-hydrogen) atoms. The third-order valence-corrected chi connectivity index (χ3v) is 2.31. The number of phenols is 1. The van der Waals surface area contributed by atoms with Crippen LogP contribution in [0.3, 0.4) is 0 Å². The lowest BCUT2D eigenvalue weighted by molar-refractivity contribution is 0.0606. The molecule has 1 aromatic rings. The Morgan fingerprint density at radius 2 is 2.17 bits per heavy atom. The Morgan fingerprint density at radius 1 is 1.44 bits per heavy atom. The molecule has 0 bridgehead atoms. The third-order valence-electron chi connectivity index (χ3n) is 2.31. The topological polar surface area (TPSA) is 67.8 Å². The van der Waals surface area contributed by atoms with Crippen molar-refractivity contribution in [2.45, 2.75) is 6.61 Å². The molecule has 0 saturated carbocycles. The van der Waals surface area contributed by atoms with Crippen LogP contribution in [0.15, 0.2) is 12.1 Å². The minimum atomic E-state index is -0.600. The summed E-state index contributed by atoms with van der Waals surface area (Å²) in [5, 5.41) is 12.2. The maximum absolute atomic E-state index is 13.3. The molecule has 1 rings (SSSR count). The number of hydrogen-bond acceptors (Lipinski definition) is 4. The molecule has 100 valence electrons. The summed E-state index contributed by atoms with van der Waals surface area (Å²) in [5.74, 6) is -1.42. The number of ether oxygens (including phenoxy) is 2. The van der Waals surface area contributed by atoms with Gasteiger partial charge in [0, 0.05) is 19.7 Å². The van der Waals surface area contributed by atoms with E-state index in [1.165, 1.54) is 14.2 Å². The molecule has 6 heteroatoms. The smallest absolute Gasteiger partial charge is 0.254 e. The number of benzene rings is 1. The summed E-state index contributed by atoms with van der Waals surface area (Å²) in [6.07, 6.45) is 0. The average molecular weight is 257 g/mol. The van der Waals surface area contributed by atoms with Crippen molar-refractivity contribution in [3.05, 3.63) is 29.1 Å². The first kappa shape index (κ1) is 14.4. The van der Waals surface area contributed by atoms with E-state index >= 15 is 0 Å². The van der Waals surface area contributed by atoms with Crippen molar-refractivity contribution in [1.82, 2.24) is 5.32 Å². The number of halogens is 1. The summed E-state index contributed by atoms with van der Waals surface area (Å²) in [4.78, 5) is 11.4. The summed E-state index contributed by atoms with van der Waals surface area (Å²) in [7, 11) is 2.94. The first-order chi connectivity index (χ1) is 8.60. The molecule has 0 saturated heterocycles. The second-order valence-corrected chi connectivity index (χ2v) is 3.59. The van der Waals surface area contributed by atoms with Gasteiger partial charge in [0.15, 0.2) is 0 Å². The van der Waals surface area contributed by atoms with Gasteiger partial charge in [-0.2, -0.15) is 0 Å². The summed E-state index contributed by atoms with van der Waals surface area (Å²) in [5.41, 5.74) is 0.118. The van der Waals surface area contributed by atoms with E-state index in [0.29, 0.717) is 13.2 Å². The van der Waals surface area contributed by atoms with Crippen LogP contribution in [0.2, 0.25) is 0 Å². The largest absolute Gasteiger partial charge is 0.507 e. The van der Waals surface area contributed by atoms with Crippen molar-refractivity contribution >= 4 is 5.91 Å². The number of hydrogen-bond donors (Lipinski definition) is 2. The molecule has 5 nitrogen and oxygen atoms in total. The number of carbonyl (C=O) groups excluding carboxylic acids is 1. The maximum atomic E-state index is 13.3. The van der Waals surface area contributed by atoms with Gasteiger partial charge in [-0.25, -0.2) is 4.39 Å². The van der Waals surface area contributed by atoms with E-state index in [2.05, 4.69) is 5.32 Å². The van der Waals surface area contributed by atoms with E-state index in [1.54, 1.807) is 0 Å². The van der Waals surface area contributed by atoms with Crippen molar-refractivity contribution in [3.8, 4) is 5.75 Å². The van der Waals surface area contributed by atoms with Crippen molar-refractivity contribution in [2.24, 2.45) is 0 Å². The van der Waals surface area contributed by atoms with Gasteiger partial charge in [-0.1, -0.05) is 0 Å². The monoisotopic (exact) mass is 257 g/mol. The molecule has 1 amide bonds. The molecule has 0 spiro atoms. The molecular formula is C12H16FNO4. The molecule has 0 aliphatic carbocycles. The Morgan fingerprint density at radius 3 is 2.78 bits per heavy atom. The van der Waals surface area contributed by atoms with E-state index in [0.717, 1.165) is 12.1 Å². The van der Waals surface area contributed by atoms with Crippen LogP contribution >= 0.6 is 0 Å².